The summed E-state index contributed by atoms with van der Waals surface area (Å²) >= 11 is 3.07. The Morgan fingerprint density at radius 3 is 2.76 bits per heavy atom. The van der Waals surface area contributed by atoms with Crippen LogP contribution in [0.3, 0.4) is 0 Å². The minimum Gasteiger partial charge on any atom is -0.481 e. The van der Waals surface area contributed by atoms with Crippen molar-refractivity contribution in [3.05, 3.63) is 28.2 Å². The Kier molecular flexibility index (Phi) is 4.81. The van der Waals surface area contributed by atoms with Crippen molar-refractivity contribution in [2.75, 3.05) is 18.0 Å². The number of benzene rings is 1. The lowest BCUT2D eigenvalue weighted by molar-refractivity contribution is -0.138. The topological polar surface area (TPSA) is 40.5 Å². The van der Waals surface area contributed by atoms with Crippen molar-refractivity contribution in [1.82, 2.24) is 0 Å². The van der Waals surface area contributed by atoms with Crippen LogP contribution in [-0.4, -0.2) is 24.2 Å². The van der Waals surface area contributed by atoms with Gasteiger partial charge in [0.25, 0.3) is 0 Å². The van der Waals surface area contributed by atoms with Crippen LogP contribution in [0.4, 0.5) is 18.9 Å². The van der Waals surface area contributed by atoms with Gasteiger partial charge in [-0.05, 0) is 37.0 Å². The second kappa shape index (κ2) is 6.25. The molecule has 1 aromatic carbocycles. The van der Waals surface area contributed by atoms with Gasteiger partial charge >= 0.3 is 12.1 Å². The molecule has 1 aliphatic heterocycles. The summed E-state index contributed by atoms with van der Waals surface area (Å²) in [7, 11) is 0. The first-order chi connectivity index (χ1) is 9.77. The molecule has 0 aromatic heterocycles. The minimum atomic E-state index is -4.40. The van der Waals surface area contributed by atoms with Crippen LogP contribution in [0.2, 0.25) is 0 Å². The quantitative estimate of drug-likeness (QED) is 0.870. The first-order valence-electron chi connectivity index (χ1n) is 6.61. The van der Waals surface area contributed by atoms with E-state index in [0.29, 0.717) is 24.0 Å². The van der Waals surface area contributed by atoms with E-state index >= 15 is 0 Å². The molecular weight excluding hydrogens is 351 g/mol. The summed E-state index contributed by atoms with van der Waals surface area (Å²) in [5.41, 5.74) is -0.487. The lowest BCUT2D eigenvalue weighted by Gasteiger charge is -2.23. The van der Waals surface area contributed by atoms with Crippen LogP contribution in [-0.2, 0) is 11.0 Å². The third kappa shape index (κ3) is 4.12. The van der Waals surface area contributed by atoms with Crippen molar-refractivity contribution in [3.8, 4) is 0 Å². The number of anilines is 1. The number of nitrogens with zero attached hydrogens (tertiary/aromatic N) is 1. The first kappa shape index (κ1) is 16.1. The average molecular weight is 366 g/mol. The molecule has 1 aromatic rings. The van der Waals surface area contributed by atoms with Crippen molar-refractivity contribution >= 4 is 27.6 Å². The normalized spacial score (nSPS) is 19.0. The van der Waals surface area contributed by atoms with Gasteiger partial charge < -0.3 is 10.0 Å². The molecule has 0 spiro atoms. The number of aliphatic carboxylic acids is 1. The number of carboxylic acid groups (broad SMARTS) is 1. The molecule has 0 amide bonds. The Balaban J connectivity index is 2.14. The Morgan fingerprint density at radius 1 is 1.43 bits per heavy atom. The Labute approximate surface area is 128 Å². The van der Waals surface area contributed by atoms with E-state index in [1.54, 1.807) is 11.0 Å². The maximum Gasteiger partial charge on any atom is 0.418 e. The number of rotatable bonds is 4. The van der Waals surface area contributed by atoms with Crippen molar-refractivity contribution in [3.63, 3.8) is 0 Å². The zero-order valence-corrected chi connectivity index (χ0v) is 12.7. The maximum absolute atomic E-state index is 13.1. The standard InChI is InChI=1S/C14H15BrF3NO2/c15-10-2-3-12(11(7-10)14(16,17)18)19-6-5-9(8-19)1-4-13(20)21/h2-3,7,9H,1,4-6,8H2,(H,20,21). The summed E-state index contributed by atoms with van der Waals surface area (Å²) in [5.74, 6) is -0.737. The SMILES string of the molecule is O=C(O)CCC1CCN(c2ccc(Br)cc2C(F)(F)F)C1. The van der Waals surface area contributed by atoms with Crippen LogP contribution in [0.15, 0.2) is 22.7 Å². The number of carbonyl (C=O) groups is 1. The third-order valence-corrected chi connectivity index (χ3v) is 4.15. The molecule has 1 heterocycles. The molecule has 2 rings (SSSR count). The summed E-state index contributed by atoms with van der Waals surface area (Å²) in [6, 6.07) is 4.14. The average Bonchev–Trinajstić information content (AvgIpc) is 2.84. The third-order valence-electron chi connectivity index (χ3n) is 3.66. The summed E-state index contributed by atoms with van der Waals surface area (Å²) in [6.07, 6.45) is -3.12. The van der Waals surface area contributed by atoms with Crippen LogP contribution in [0.1, 0.15) is 24.8 Å². The van der Waals surface area contributed by atoms with Crippen LogP contribution in [0.25, 0.3) is 0 Å². The molecule has 0 aliphatic carbocycles. The van der Waals surface area contributed by atoms with Gasteiger partial charge in [-0.3, -0.25) is 4.79 Å². The van der Waals surface area contributed by atoms with Crippen LogP contribution < -0.4 is 4.90 Å². The molecular formula is C14H15BrF3NO2. The van der Waals surface area contributed by atoms with Gasteiger partial charge in [-0.15, -0.1) is 0 Å². The molecule has 1 unspecified atom stereocenters. The predicted octanol–water partition coefficient (Wildman–Crippen LogP) is 4.16. The van der Waals surface area contributed by atoms with E-state index in [1.165, 1.54) is 6.07 Å². The number of hydrogen-bond acceptors (Lipinski definition) is 2. The highest BCUT2D eigenvalue weighted by Gasteiger charge is 2.36. The number of halogens is 4. The molecule has 21 heavy (non-hydrogen) atoms. The molecule has 116 valence electrons. The van der Waals surface area contributed by atoms with Gasteiger partial charge in [0.1, 0.15) is 0 Å². The van der Waals surface area contributed by atoms with E-state index in [0.717, 1.165) is 12.5 Å². The molecule has 1 aliphatic rings. The van der Waals surface area contributed by atoms with E-state index in [2.05, 4.69) is 15.9 Å². The Hall–Kier alpha value is -1.24. The largest absolute Gasteiger partial charge is 0.481 e. The molecule has 3 nitrogen and oxygen atoms in total. The lowest BCUT2D eigenvalue weighted by Crippen LogP contribution is -2.23. The lowest BCUT2D eigenvalue weighted by atomic mass is 10.0. The van der Waals surface area contributed by atoms with Gasteiger partial charge in [0.15, 0.2) is 0 Å². The van der Waals surface area contributed by atoms with Gasteiger partial charge in [-0.2, -0.15) is 13.2 Å². The predicted molar refractivity (Wildman–Crippen MR) is 76.3 cm³/mol. The van der Waals surface area contributed by atoms with E-state index < -0.39 is 17.7 Å². The second-order valence-corrected chi connectivity index (χ2v) is 6.11. The Morgan fingerprint density at radius 2 is 2.14 bits per heavy atom. The smallest absolute Gasteiger partial charge is 0.418 e. The first-order valence-corrected chi connectivity index (χ1v) is 7.40. The zero-order valence-electron chi connectivity index (χ0n) is 11.2. The molecule has 0 radical (unpaired) electrons. The molecule has 7 heteroatoms. The molecule has 1 saturated heterocycles. The Bertz CT molecular complexity index is 533. The number of alkyl halides is 3. The van der Waals surface area contributed by atoms with Crippen LogP contribution in [0.5, 0.6) is 0 Å². The van der Waals surface area contributed by atoms with Gasteiger partial charge in [0.2, 0.25) is 0 Å². The fraction of sp³-hybridized carbons (Fsp3) is 0.500. The summed E-state index contributed by atoms with van der Waals surface area (Å²) in [5, 5.41) is 8.67. The van der Waals surface area contributed by atoms with Gasteiger partial charge in [-0.1, -0.05) is 15.9 Å². The molecule has 1 N–H and O–H groups in total. The highest BCUT2D eigenvalue weighted by atomic mass is 79.9. The summed E-state index contributed by atoms with van der Waals surface area (Å²) < 4.78 is 39.7. The molecule has 0 saturated carbocycles. The maximum atomic E-state index is 13.1. The number of hydrogen-bond donors (Lipinski definition) is 1. The fourth-order valence-electron chi connectivity index (χ4n) is 2.63. The molecule has 0 bridgehead atoms. The second-order valence-electron chi connectivity index (χ2n) is 5.19. The minimum absolute atomic E-state index is 0.0605. The van der Waals surface area contributed by atoms with Gasteiger partial charge in [0, 0.05) is 29.7 Å². The van der Waals surface area contributed by atoms with E-state index in [-0.39, 0.29) is 18.0 Å². The monoisotopic (exact) mass is 365 g/mol. The van der Waals surface area contributed by atoms with Crippen molar-refractivity contribution in [2.24, 2.45) is 5.92 Å². The van der Waals surface area contributed by atoms with Gasteiger partial charge in [0.05, 0.1) is 5.56 Å². The van der Waals surface area contributed by atoms with Crippen molar-refractivity contribution in [2.45, 2.75) is 25.4 Å². The van der Waals surface area contributed by atoms with E-state index in [4.69, 9.17) is 5.11 Å². The highest BCUT2D eigenvalue weighted by Crippen LogP contribution is 2.40. The van der Waals surface area contributed by atoms with E-state index in [9.17, 15) is 18.0 Å². The molecule has 1 atom stereocenters. The number of carboxylic acids is 1. The van der Waals surface area contributed by atoms with Gasteiger partial charge in [-0.25, -0.2) is 0 Å². The van der Waals surface area contributed by atoms with Crippen LogP contribution in [0, 0.1) is 5.92 Å². The van der Waals surface area contributed by atoms with Crippen molar-refractivity contribution in [1.29, 1.82) is 0 Å². The summed E-state index contributed by atoms with van der Waals surface area (Å²) in [6.45, 7) is 0.993. The van der Waals surface area contributed by atoms with E-state index in [1.807, 2.05) is 0 Å². The highest BCUT2D eigenvalue weighted by molar-refractivity contribution is 9.10. The zero-order chi connectivity index (χ0) is 15.6. The van der Waals surface area contributed by atoms with Crippen molar-refractivity contribution < 1.29 is 23.1 Å². The van der Waals surface area contributed by atoms with Crippen LogP contribution >= 0.6 is 15.9 Å². The molecule has 1 fully saturated rings. The fourth-order valence-corrected chi connectivity index (χ4v) is 2.99. The summed E-state index contributed by atoms with van der Waals surface area (Å²) in [4.78, 5) is 12.3.